The topological polar surface area (TPSA) is 22.1 Å². The van der Waals surface area contributed by atoms with Crippen molar-refractivity contribution in [1.29, 1.82) is 0 Å². The molecule has 0 aromatic carbocycles. The highest BCUT2D eigenvalue weighted by Crippen LogP contribution is 1.96. The average Bonchev–Trinajstić information content (AvgIpc) is 2.14. The van der Waals surface area contributed by atoms with Crippen LogP contribution in [-0.2, 0) is 11.3 Å². The molecule has 2 heteroatoms. The van der Waals surface area contributed by atoms with Crippen LogP contribution in [0.3, 0.4) is 0 Å². The highest BCUT2D eigenvalue weighted by Gasteiger charge is 1.90. The third-order valence-electron chi connectivity index (χ3n) is 1.44. The summed E-state index contributed by atoms with van der Waals surface area (Å²) in [6, 6.07) is 5.81. The number of rotatable bonds is 5. The van der Waals surface area contributed by atoms with Crippen LogP contribution >= 0.6 is 0 Å². The van der Waals surface area contributed by atoms with Crippen LogP contribution in [0.15, 0.2) is 37.1 Å². The molecule has 2 nitrogen and oxygen atoms in total. The van der Waals surface area contributed by atoms with Crippen LogP contribution in [0.2, 0.25) is 0 Å². The minimum Gasteiger partial charge on any atom is -0.375 e. The molecule has 0 aliphatic rings. The summed E-state index contributed by atoms with van der Waals surface area (Å²) in [5.74, 6) is 0. The molecule has 0 N–H and O–H groups in total. The quantitative estimate of drug-likeness (QED) is 0.490. The maximum absolute atomic E-state index is 5.33. The first-order valence-electron chi connectivity index (χ1n) is 4.02. The van der Waals surface area contributed by atoms with Gasteiger partial charge in [0.15, 0.2) is 0 Å². The van der Waals surface area contributed by atoms with Crippen molar-refractivity contribution in [3.63, 3.8) is 0 Å². The predicted molar refractivity (Wildman–Crippen MR) is 48.7 cm³/mol. The molecule has 1 heterocycles. The molecule has 0 amide bonds. The van der Waals surface area contributed by atoms with E-state index in [2.05, 4.69) is 11.6 Å². The molecule has 0 bridgehead atoms. The van der Waals surface area contributed by atoms with Gasteiger partial charge in [-0.05, 0) is 18.6 Å². The predicted octanol–water partition coefficient (Wildman–Crippen LogP) is 2.17. The van der Waals surface area contributed by atoms with Crippen molar-refractivity contribution < 1.29 is 4.74 Å². The molecule has 0 radical (unpaired) electrons. The van der Waals surface area contributed by atoms with Crippen LogP contribution in [0.1, 0.15) is 12.1 Å². The van der Waals surface area contributed by atoms with E-state index in [0.717, 1.165) is 18.7 Å². The molecule has 0 fully saturated rings. The van der Waals surface area contributed by atoms with Crippen molar-refractivity contribution in [2.24, 2.45) is 0 Å². The molecule has 0 aliphatic heterocycles. The van der Waals surface area contributed by atoms with Gasteiger partial charge in [0.2, 0.25) is 0 Å². The Bertz CT molecular complexity index is 221. The van der Waals surface area contributed by atoms with Crippen molar-refractivity contribution in [2.75, 3.05) is 6.61 Å². The first-order valence-corrected chi connectivity index (χ1v) is 4.02. The summed E-state index contributed by atoms with van der Waals surface area (Å²) in [6.45, 7) is 4.92. The lowest BCUT2D eigenvalue weighted by molar-refractivity contribution is 0.122. The molecule has 1 rings (SSSR count). The average molecular weight is 163 g/mol. The van der Waals surface area contributed by atoms with Gasteiger partial charge in [0, 0.05) is 6.20 Å². The third kappa shape index (κ3) is 3.30. The zero-order valence-corrected chi connectivity index (χ0v) is 7.07. The number of hydrogen-bond donors (Lipinski definition) is 0. The molecule has 1 aromatic heterocycles. The van der Waals surface area contributed by atoms with E-state index in [-0.39, 0.29) is 0 Å². The number of nitrogens with zero attached hydrogens (tertiary/aromatic N) is 1. The lowest BCUT2D eigenvalue weighted by Gasteiger charge is -2.00. The van der Waals surface area contributed by atoms with E-state index in [1.54, 1.807) is 6.20 Å². The van der Waals surface area contributed by atoms with Gasteiger partial charge in [-0.1, -0.05) is 12.1 Å². The third-order valence-corrected chi connectivity index (χ3v) is 1.44. The Balaban J connectivity index is 2.20. The van der Waals surface area contributed by atoms with Crippen molar-refractivity contribution in [3.05, 3.63) is 42.7 Å². The Morgan fingerprint density at radius 3 is 3.08 bits per heavy atom. The van der Waals surface area contributed by atoms with Gasteiger partial charge in [0.25, 0.3) is 0 Å². The fourth-order valence-electron chi connectivity index (χ4n) is 0.827. The molecule has 0 atom stereocenters. The lowest BCUT2D eigenvalue weighted by Crippen LogP contribution is -1.95. The van der Waals surface area contributed by atoms with E-state index in [9.17, 15) is 0 Å². The smallest absolute Gasteiger partial charge is 0.0887 e. The Labute approximate surface area is 72.9 Å². The Hall–Kier alpha value is -1.15. The second-order valence-electron chi connectivity index (χ2n) is 2.45. The van der Waals surface area contributed by atoms with Gasteiger partial charge in [0.1, 0.15) is 0 Å². The molecular weight excluding hydrogens is 150 g/mol. The molecule has 0 unspecified atom stereocenters. The zero-order chi connectivity index (χ0) is 8.65. The van der Waals surface area contributed by atoms with Crippen molar-refractivity contribution >= 4 is 0 Å². The largest absolute Gasteiger partial charge is 0.375 e. The minimum absolute atomic E-state index is 0.592. The maximum atomic E-state index is 5.33. The van der Waals surface area contributed by atoms with Crippen LogP contribution in [-0.4, -0.2) is 11.6 Å². The Morgan fingerprint density at radius 2 is 2.42 bits per heavy atom. The highest BCUT2D eigenvalue weighted by molar-refractivity contribution is 5.01. The Morgan fingerprint density at radius 1 is 1.50 bits per heavy atom. The zero-order valence-electron chi connectivity index (χ0n) is 7.07. The second kappa shape index (κ2) is 5.49. The van der Waals surface area contributed by atoms with Gasteiger partial charge in [-0.3, -0.25) is 4.98 Å². The van der Waals surface area contributed by atoms with Gasteiger partial charge in [-0.25, -0.2) is 0 Å². The van der Waals surface area contributed by atoms with Crippen LogP contribution in [0.25, 0.3) is 0 Å². The number of pyridine rings is 1. The minimum atomic E-state index is 0.592. The number of ether oxygens (including phenoxy) is 1. The van der Waals surface area contributed by atoms with Gasteiger partial charge < -0.3 is 4.74 Å². The van der Waals surface area contributed by atoms with Gasteiger partial charge in [0.05, 0.1) is 18.9 Å². The number of hydrogen-bond acceptors (Lipinski definition) is 2. The molecular formula is C10H13NO. The summed E-state index contributed by atoms with van der Waals surface area (Å²) in [6.07, 6.45) is 4.51. The standard InChI is InChI=1S/C10H13NO/c1-2-3-8-12-9-10-6-4-5-7-11-10/h2,4-7H,1,3,8-9H2. The first-order chi connectivity index (χ1) is 5.93. The van der Waals surface area contributed by atoms with E-state index in [4.69, 9.17) is 4.74 Å². The van der Waals surface area contributed by atoms with E-state index < -0.39 is 0 Å². The molecule has 0 saturated carbocycles. The van der Waals surface area contributed by atoms with Crippen LogP contribution in [0, 0.1) is 0 Å². The second-order valence-corrected chi connectivity index (χ2v) is 2.45. The van der Waals surface area contributed by atoms with E-state index in [1.165, 1.54) is 0 Å². The van der Waals surface area contributed by atoms with E-state index in [0.29, 0.717) is 6.61 Å². The highest BCUT2D eigenvalue weighted by atomic mass is 16.5. The molecule has 0 aliphatic carbocycles. The Kier molecular flexibility index (Phi) is 4.09. The SMILES string of the molecule is C=CCCOCc1ccccn1. The van der Waals surface area contributed by atoms with Crippen LogP contribution in [0.5, 0.6) is 0 Å². The fourth-order valence-corrected chi connectivity index (χ4v) is 0.827. The summed E-state index contributed by atoms with van der Waals surface area (Å²) in [7, 11) is 0. The fraction of sp³-hybridized carbons (Fsp3) is 0.300. The van der Waals surface area contributed by atoms with Crippen molar-refractivity contribution in [1.82, 2.24) is 4.98 Å². The normalized spacial score (nSPS) is 9.67. The summed E-state index contributed by atoms with van der Waals surface area (Å²) in [4.78, 5) is 4.13. The van der Waals surface area contributed by atoms with Crippen LogP contribution < -0.4 is 0 Å². The lowest BCUT2D eigenvalue weighted by atomic mass is 10.4. The van der Waals surface area contributed by atoms with Gasteiger partial charge in [-0.2, -0.15) is 0 Å². The molecule has 0 spiro atoms. The summed E-state index contributed by atoms with van der Waals surface area (Å²) < 4.78 is 5.33. The van der Waals surface area contributed by atoms with Gasteiger partial charge >= 0.3 is 0 Å². The molecule has 0 saturated heterocycles. The summed E-state index contributed by atoms with van der Waals surface area (Å²) >= 11 is 0. The van der Waals surface area contributed by atoms with E-state index >= 15 is 0 Å². The number of aromatic nitrogens is 1. The molecule has 1 aromatic rings. The van der Waals surface area contributed by atoms with Gasteiger partial charge in [-0.15, -0.1) is 6.58 Å². The maximum Gasteiger partial charge on any atom is 0.0887 e. The van der Waals surface area contributed by atoms with Crippen molar-refractivity contribution in [2.45, 2.75) is 13.0 Å². The van der Waals surface area contributed by atoms with Crippen molar-refractivity contribution in [3.8, 4) is 0 Å². The molecule has 12 heavy (non-hydrogen) atoms. The summed E-state index contributed by atoms with van der Waals surface area (Å²) in [5.41, 5.74) is 0.974. The summed E-state index contributed by atoms with van der Waals surface area (Å²) in [5, 5.41) is 0. The monoisotopic (exact) mass is 163 g/mol. The molecule has 64 valence electrons. The van der Waals surface area contributed by atoms with Crippen LogP contribution in [0.4, 0.5) is 0 Å². The van der Waals surface area contributed by atoms with E-state index in [1.807, 2.05) is 24.3 Å². The first kappa shape index (κ1) is 8.94.